The van der Waals surface area contributed by atoms with Crippen LogP contribution in [0, 0.1) is 13.7 Å². The monoisotopic (exact) mass is 513 g/mol. The van der Waals surface area contributed by atoms with Gasteiger partial charge in [0.25, 0.3) is 5.69 Å². The normalized spacial score (nSPS) is 15.9. The first-order valence-electron chi connectivity index (χ1n) is 9.30. The molecule has 150 valence electrons. The molecule has 0 amide bonds. The number of nitro benzene ring substituents is 1. The molecular formula is C20H24IN3O3S. The number of benzene rings is 2. The summed E-state index contributed by atoms with van der Waals surface area (Å²) in [6.07, 6.45) is 0.920. The van der Waals surface area contributed by atoms with Crippen LogP contribution in [0.15, 0.2) is 53.4 Å². The van der Waals surface area contributed by atoms with Gasteiger partial charge in [-0.2, -0.15) is 0 Å². The van der Waals surface area contributed by atoms with E-state index in [9.17, 15) is 10.1 Å². The molecule has 0 radical (unpaired) electrons. The van der Waals surface area contributed by atoms with Crippen molar-refractivity contribution < 1.29 is 9.66 Å². The third-order valence-electron chi connectivity index (χ3n) is 4.61. The lowest BCUT2D eigenvalue weighted by Crippen LogP contribution is -2.39. The lowest BCUT2D eigenvalue weighted by Gasteiger charge is -2.29. The van der Waals surface area contributed by atoms with Crippen LogP contribution in [0.2, 0.25) is 0 Å². The highest BCUT2D eigenvalue weighted by atomic mass is 127. The maximum Gasteiger partial charge on any atom is 0.293 e. The highest BCUT2D eigenvalue weighted by Gasteiger charge is 2.19. The Morgan fingerprint density at radius 2 is 1.96 bits per heavy atom. The summed E-state index contributed by atoms with van der Waals surface area (Å²) in [6, 6.07) is 15.7. The van der Waals surface area contributed by atoms with Gasteiger partial charge in [0.1, 0.15) is 5.69 Å². The third kappa shape index (κ3) is 6.61. The molecule has 1 aliphatic heterocycles. The van der Waals surface area contributed by atoms with E-state index >= 15 is 0 Å². The predicted molar refractivity (Wildman–Crippen MR) is 122 cm³/mol. The lowest BCUT2D eigenvalue weighted by molar-refractivity contribution is -0.384. The van der Waals surface area contributed by atoms with Gasteiger partial charge >= 0.3 is 0 Å². The maximum absolute atomic E-state index is 11.5. The molecule has 0 aliphatic carbocycles. The molecule has 1 aliphatic rings. The summed E-state index contributed by atoms with van der Waals surface area (Å²) < 4.78 is 6.28. The molecule has 8 heteroatoms. The fourth-order valence-corrected chi connectivity index (χ4v) is 4.54. The Balaban J connectivity index is 1.68. The van der Waals surface area contributed by atoms with Crippen LogP contribution in [0.1, 0.15) is 6.42 Å². The van der Waals surface area contributed by atoms with E-state index in [-0.39, 0.29) is 16.7 Å². The van der Waals surface area contributed by atoms with Gasteiger partial charge in [0, 0.05) is 46.0 Å². The summed E-state index contributed by atoms with van der Waals surface area (Å²) in [7, 11) is 0. The van der Waals surface area contributed by atoms with Gasteiger partial charge in [-0.05, 0) is 53.3 Å². The van der Waals surface area contributed by atoms with Crippen LogP contribution < -0.4 is 5.32 Å². The topological polar surface area (TPSA) is 67.6 Å². The van der Waals surface area contributed by atoms with Crippen molar-refractivity contribution in [1.82, 2.24) is 4.90 Å². The zero-order valence-electron chi connectivity index (χ0n) is 15.6. The Kier molecular flexibility index (Phi) is 8.38. The fraction of sp³-hybridized carbons (Fsp3) is 0.400. The molecule has 3 rings (SSSR count). The lowest BCUT2D eigenvalue weighted by atomic mass is 10.2. The molecular weight excluding hydrogens is 489 g/mol. The van der Waals surface area contributed by atoms with Crippen molar-refractivity contribution in [1.29, 1.82) is 0 Å². The Hall–Kier alpha value is -1.36. The van der Waals surface area contributed by atoms with Gasteiger partial charge in [-0.25, -0.2) is 0 Å². The van der Waals surface area contributed by atoms with Crippen molar-refractivity contribution in [3.63, 3.8) is 0 Å². The van der Waals surface area contributed by atoms with Gasteiger partial charge in [0.15, 0.2) is 0 Å². The summed E-state index contributed by atoms with van der Waals surface area (Å²) >= 11 is 3.88. The zero-order chi connectivity index (χ0) is 19.8. The molecule has 1 fully saturated rings. The molecule has 1 heterocycles. The van der Waals surface area contributed by atoms with Gasteiger partial charge in [-0.1, -0.05) is 18.2 Å². The van der Waals surface area contributed by atoms with Crippen LogP contribution in [0.25, 0.3) is 0 Å². The van der Waals surface area contributed by atoms with Crippen LogP contribution in [-0.4, -0.2) is 54.5 Å². The van der Waals surface area contributed by atoms with Gasteiger partial charge < -0.3 is 10.1 Å². The summed E-state index contributed by atoms with van der Waals surface area (Å²) in [5.74, 6) is 0.845. The molecule has 1 N–H and O–H groups in total. The van der Waals surface area contributed by atoms with Gasteiger partial charge in [-0.15, -0.1) is 11.8 Å². The van der Waals surface area contributed by atoms with Crippen LogP contribution in [0.5, 0.6) is 0 Å². The largest absolute Gasteiger partial charge is 0.379 e. The van der Waals surface area contributed by atoms with Gasteiger partial charge in [0.2, 0.25) is 0 Å². The van der Waals surface area contributed by atoms with Gasteiger partial charge in [-0.3, -0.25) is 15.0 Å². The fourth-order valence-electron chi connectivity index (χ4n) is 3.07. The second-order valence-corrected chi connectivity index (χ2v) is 8.97. The number of hydrogen-bond donors (Lipinski definition) is 1. The van der Waals surface area contributed by atoms with Crippen molar-refractivity contribution in [3.05, 3.63) is 62.2 Å². The van der Waals surface area contributed by atoms with Gasteiger partial charge in [0.05, 0.1) is 18.1 Å². The number of nitro groups is 1. The number of ether oxygens (including phenoxy) is 1. The molecule has 2 aromatic rings. The van der Waals surface area contributed by atoms with E-state index in [0.29, 0.717) is 5.69 Å². The minimum atomic E-state index is -0.312. The Bertz CT molecular complexity index is 773. The van der Waals surface area contributed by atoms with Crippen LogP contribution >= 0.6 is 34.4 Å². The standard InChI is InChI=1S/C20H24IN3O3S/c21-16-6-7-19(20(14-16)24(25)26)22-17(8-9-23-10-12-27-13-11-23)15-28-18-4-2-1-3-5-18/h1-7,14,17,22H,8-13,15H2. The number of morpholine rings is 1. The maximum atomic E-state index is 11.5. The Morgan fingerprint density at radius 1 is 1.21 bits per heavy atom. The number of nitrogens with zero attached hydrogens (tertiary/aromatic N) is 2. The molecule has 0 aromatic heterocycles. The molecule has 0 bridgehead atoms. The molecule has 1 saturated heterocycles. The smallest absolute Gasteiger partial charge is 0.293 e. The zero-order valence-corrected chi connectivity index (χ0v) is 18.5. The van der Waals surface area contributed by atoms with Crippen molar-refractivity contribution in [3.8, 4) is 0 Å². The molecule has 2 aromatic carbocycles. The quantitative estimate of drug-likeness (QED) is 0.231. The first kappa shape index (κ1) is 21.4. The second kappa shape index (κ2) is 11.0. The van der Waals surface area contributed by atoms with Crippen molar-refractivity contribution in [2.45, 2.75) is 17.4 Å². The summed E-state index contributed by atoms with van der Waals surface area (Å²) in [6.45, 7) is 4.40. The van der Waals surface area contributed by atoms with E-state index < -0.39 is 0 Å². The van der Waals surface area contributed by atoms with E-state index in [1.165, 1.54) is 4.90 Å². The summed E-state index contributed by atoms with van der Waals surface area (Å²) in [5.41, 5.74) is 0.721. The number of nitrogens with one attached hydrogen (secondary N) is 1. The number of thioether (sulfide) groups is 1. The molecule has 0 spiro atoms. The molecule has 1 unspecified atom stereocenters. The van der Waals surface area contributed by atoms with E-state index in [1.54, 1.807) is 17.8 Å². The highest BCUT2D eigenvalue weighted by molar-refractivity contribution is 14.1. The molecule has 0 saturated carbocycles. The van der Waals surface area contributed by atoms with Crippen LogP contribution in [0.3, 0.4) is 0 Å². The second-order valence-electron chi connectivity index (χ2n) is 6.63. The predicted octanol–water partition coefficient (Wildman–Crippen LogP) is 4.49. The van der Waals surface area contributed by atoms with Crippen molar-refractivity contribution >= 4 is 45.7 Å². The Labute approximate surface area is 183 Å². The number of halogens is 1. The van der Waals surface area contributed by atoms with E-state index in [0.717, 1.165) is 48.6 Å². The average molecular weight is 513 g/mol. The molecule has 1 atom stereocenters. The first-order valence-corrected chi connectivity index (χ1v) is 11.4. The van der Waals surface area contributed by atoms with Crippen LogP contribution in [0.4, 0.5) is 11.4 Å². The molecule has 6 nitrogen and oxygen atoms in total. The number of rotatable bonds is 9. The minimum Gasteiger partial charge on any atom is -0.379 e. The SMILES string of the molecule is O=[N+]([O-])c1cc(I)ccc1NC(CCN1CCOCC1)CSc1ccccc1. The Morgan fingerprint density at radius 3 is 2.68 bits per heavy atom. The minimum absolute atomic E-state index is 0.131. The van der Waals surface area contributed by atoms with Crippen molar-refractivity contribution in [2.75, 3.05) is 43.9 Å². The number of anilines is 1. The van der Waals surface area contributed by atoms with Crippen molar-refractivity contribution in [2.24, 2.45) is 0 Å². The third-order valence-corrected chi connectivity index (χ3v) is 6.45. The molecule has 28 heavy (non-hydrogen) atoms. The van der Waals surface area contributed by atoms with E-state index in [4.69, 9.17) is 4.74 Å². The summed E-state index contributed by atoms with van der Waals surface area (Å²) in [5, 5.41) is 14.9. The summed E-state index contributed by atoms with van der Waals surface area (Å²) in [4.78, 5) is 14.8. The van der Waals surface area contributed by atoms with Crippen LogP contribution in [-0.2, 0) is 4.74 Å². The average Bonchev–Trinajstić information content (AvgIpc) is 2.72. The first-order chi connectivity index (χ1) is 13.6. The number of hydrogen-bond acceptors (Lipinski definition) is 6. The van der Waals surface area contributed by atoms with E-state index in [1.807, 2.05) is 30.3 Å². The highest BCUT2D eigenvalue weighted by Crippen LogP contribution is 2.29. The van der Waals surface area contributed by atoms with E-state index in [2.05, 4.69) is 44.9 Å².